The van der Waals surface area contributed by atoms with Crippen molar-refractivity contribution in [2.24, 2.45) is 0 Å². The number of hydrogen-bond donors (Lipinski definition) is 1. The van der Waals surface area contributed by atoms with Gasteiger partial charge in [0.2, 0.25) is 10.0 Å². The number of nitrogens with one attached hydrogen (secondary N) is 1. The predicted molar refractivity (Wildman–Crippen MR) is 66.4 cm³/mol. The first-order valence-electron chi connectivity index (χ1n) is 5.02. The molecule has 1 atom stereocenters. The molecule has 0 fully saturated rings. The zero-order valence-electron chi connectivity index (χ0n) is 9.62. The van der Waals surface area contributed by atoms with E-state index in [1.54, 1.807) is 25.1 Å². The van der Waals surface area contributed by atoms with Gasteiger partial charge >= 0.3 is 0 Å². The molecule has 0 saturated heterocycles. The number of sulfonamides is 1. The summed E-state index contributed by atoms with van der Waals surface area (Å²) in [7, 11) is -3.45. The van der Waals surface area contributed by atoms with Crippen LogP contribution in [0.25, 0.3) is 0 Å². The summed E-state index contributed by atoms with van der Waals surface area (Å²) in [5, 5.41) is 0. The third-order valence-corrected chi connectivity index (χ3v) is 4.43. The van der Waals surface area contributed by atoms with Gasteiger partial charge in [0.05, 0.1) is 4.90 Å². The van der Waals surface area contributed by atoms with E-state index in [2.05, 4.69) is 4.72 Å². The standard InChI is InChI=1S/C11H16ClNO2S/c1-8-4-5-11(6-9(8)2)16(14,15)13-10(3)7-12/h4-6,10,13H,7H2,1-3H3. The highest BCUT2D eigenvalue weighted by molar-refractivity contribution is 7.89. The summed E-state index contributed by atoms with van der Waals surface area (Å²) < 4.78 is 26.3. The van der Waals surface area contributed by atoms with Crippen molar-refractivity contribution in [1.82, 2.24) is 4.72 Å². The van der Waals surface area contributed by atoms with E-state index in [4.69, 9.17) is 11.6 Å². The van der Waals surface area contributed by atoms with Crippen LogP contribution >= 0.6 is 11.6 Å². The van der Waals surface area contributed by atoms with E-state index in [0.717, 1.165) is 11.1 Å². The van der Waals surface area contributed by atoms with E-state index < -0.39 is 10.0 Å². The van der Waals surface area contributed by atoms with Gasteiger partial charge < -0.3 is 0 Å². The van der Waals surface area contributed by atoms with E-state index in [-0.39, 0.29) is 16.8 Å². The lowest BCUT2D eigenvalue weighted by Gasteiger charge is -2.12. The van der Waals surface area contributed by atoms with Crippen molar-refractivity contribution in [1.29, 1.82) is 0 Å². The van der Waals surface area contributed by atoms with E-state index in [0.29, 0.717) is 0 Å². The maximum atomic E-state index is 11.9. The average molecular weight is 262 g/mol. The Morgan fingerprint density at radius 3 is 2.44 bits per heavy atom. The molecule has 0 bridgehead atoms. The van der Waals surface area contributed by atoms with Crippen LogP contribution in [0.2, 0.25) is 0 Å². The summed E-state index contributed by atoms with van der Waals surface area (Å²) >= 11 is 5.58. The van der Waals surface area contributed by atoms with Gasteiger partial charge in [0, 0.05) is 11.9 Å². The number of halogens is 1. The first-order chi connectivity index (χ1) is 7.36. The molecule has 0 saturated carbocycles. The summed E-state index contributed by atoms with van der Waals surface area (Å²) in [5.41, 5.74) is 2.03. The fourth-order valence-corrected chi connectivity index (χ4v) is 2.74. The number of rotatable bonds is 4. The second kappa shape index (κ2) is 5.17. The Morgan fingerprint density at radius 1 is 1.31 bits per heavy atom. The molecule has 0 spiro atoms. The van der Waals surface area contributed by atoms with Crippen molar-refractivity contribution in [3.05, 3.63) is 29.3 Å². The minimum absolute atomic E-state index is 0.254. The minimum atomic E-state index is -3.45. The van der Waals surface area contributed by atoms with Gasteiger partial charge in [-0.25, -0.2) is 13.1 Å². The molecule has 0 radical (unpaired) electrons. The minimum Gasteiger partial charge on any atom is -0.207 e. The lowest BCUT2D eigenvalue weighted by atomic mass is 10.1. The SMILES string of the molecule is Cc1ccc(S(=O)(=O)NC(C)CCl)cc1C. The van der Waals surface area contributed by atoms with Crippen molar-refractivity contribution in [3.63, 3.8) is 0 Å². The molecule has 1 N–H and O–H groups in total. The highest BCUT2D eigenvalue weighted by atomic mass is 35.5. The molecule has 0 aromatic heterocycles. The summed E-state index contributed by atoms with van der Waals surface area (Å²) in [4.78, 5) is 0.285. The number of hydrogen-bond acceptors (Lipinski definition) is 2. The van der Waals surface area contributed by atoms with Crippen LogP contribution in [0.15, 0.2) is 23.1 Å². The van der Waals surface area contributed by atoms with Gasteiger partial charge in [-0.2, -0.15) is 0 Å². The first-order valence-corrected chi connectivity index (χ1v) is 7.04. The second-order valence-corrected chi connectivity index (χ2v) is 5.95. The van der Waals surface area contributed by atoms with Gasteiger partial charge in [-0.3, -0.25) is 0 Å². The largest absolute Gasteiger partial charge is 0.240 e. The molecule has 1 rings (SSSR count). The Kier molecular flexibility index (Phi) is 4.35. The van der Waals surface area contributed by atoms with Crippen LogP contribution in [-0.2, 0) is 10.0 Å². The van der Waals surface area contributed by atoms with Gasteiger partial charge in [0.25, 0.3) is 0 Å². The number of aryl methyl sites for hydroxylation is 2. The molecule has 1 unspecified atom stereocenters. The maximum absolute atomic E-state index is 11.9. The van der Waals surface area contributed by atoms with E-state index >= 15 is 0 Å². The highest BCUT2D eigenvalue weighted by Gasteiger charge is 2.16. The third kappa shape index (κ3) is 3.20. The summed E-state index contributed by atoms with van der Waals surface area (Å²) in [6.07, 6.45) is 0. The Balaban J connectivity index is 3.03. The molecule has 0 amide bonds. The Labute approximate surface area is 102 Å². The first kappa shape index (κ1) is 13.5. The quantitative estimate of drug-likeness (QED) is 0.845. The molecular formula is C11H16ClNO2S. The maximum Gasteiger partial charge on any atom is 0.240 e. The van der Waals surface area contributed by atoms with Gasteiger partial charge in [-0.1, -0.05) is 6.07 Å². The van der Waals surface area contributed by atoms with Crippen molar-refractivity contribution in [2.45, 2.75) is 31.7 Å². The average Bonchev–Trinajstić information content (AvgIpc) is 2.21. The lowest BCUT2D eigenvalue weighted by molar-refractivity contribution is 0.570. The zero-order chi connectivity index (χ0) is 12.3. The fourth-order valence-electron chi connectivity index (χ4n) is 1.25. The molecule has 3 nitrogen and oxygen atoms in total. The molecule has 16 heavy (non-hydrogen) atoms. The predicted octanol–water partition coefficient (Wildman–Crippen LogP) is 2.21. The molecule has 1 aromatic carbocycles. The van der Waals surface area contributed by atoms with Crippen LogP contribution < -0.4 is 4.72 Å². The van der Waals surface area contributed by atoms with Crippen LogP contribution in [0.4, 0.5) is 0 Å². The van der Waals surface area contributed by atoms with Crippen LogP contribution in [0.1, 0.15) is 18.1 Å². The van der Waals surface area contributed by atoms with Crippen molar-refractivity contribution < 1.29 is 8.42 Å². The molecule has 5 heteroatoms. The smallest absolute Gasteiger partial charge is 0.207 e. The van der Waals surface area contributed by atoms with E-state index in [1.807, 2.05) is 13.8 Å². The molecule has 0 aliphatic heterocycles. The van der Waals surface area contributed by atoms with E-state index in [1.165, 1.54) is 0 Å². The van der Waals surface area contributed by atoms with Crippen LogP contribution in [0.3, 0.4) is 0 Å². The molecule has 0 aliphatic carbocycles. The van der Waals surface area contributed by atoms with Gasteiger partial charge in [0.1, 0.15) is 0 Å². The van der Waals surface area contributed by atoms with Crippen molar-refractivity contribution in [2.75, 3.05) is 5.88 Å². The molecular weight excluding hydrogens is 246 g/mol. The summed E-state index contributed by atoms with van der Waals surface area (Å²) in [6, 6.07) is 4.80. The number of alkyl halides is 1. The second-order valence-electron chi connectivity index (χ2n) is 3.92. The Hall–Kier alpha value is -0.580. The van der Waals surface area contributed by atoms with Crippen molar-refractivity contribution in [3.8, 4) is 0 Å². The zero-order valence-corrected chi connectivity index (χ0v) is 11.2. The molecule has 0 heterocycles. The lowest BCUT2D eigenvalue weighted by Crippen LogP contribution is -2.33. The fraction of sp³-hybridized carbons (Fsp3) is 0.455. The van der Waals surface area contributed by atoms with Gasteiger partial charge in [-0.05, 0) is 44.0 Å². The molecule has 1 aromatic rings. The summed E-state index contributed by atoms with van der Waals surface area (Å²) in [5.74, 6) is 0.254. The van der Waals surface area contributed by atoms with Gasteiger partial charge in [-0.15, -0.1) is 11.6 Å². The van der Waals surface area contributed by atoms with Crippen LogP contribution in [0.5, 0.6) is 0 Å². The normalized spacial score (nSPS) is 13.8. The van der Waals surface area contributed by atoms with E-state index in [9.17, 15) is 8.42 Å². The topological polar surface area (TPSA) is 46.2 Å². The molecule has 90 valence electrons. The third-order valence-electron chi connectivity index (χ3n) is 2.38. The summed E-state index contributed by atoms with van der Waals surface area (Å²) in [6.45, 7) is 5.56. The van der Waals surface area contributed by atoms with Crippen molar-refractivity contribution >= 4 is 21.6 Å². The highest BCUT2D eigenvalue weighted by Crippen LogP contribution is 2.14. The monoisotopic (exact) mass is 261 g/mol. The van der Waals surface area contributed by atoms with Crippen LogP contribution in [0, 0.1) is 13.8 Å². The van der Waals surface area contributed by atoms with Crippen LogP contribution in [-0.4, -0.2) is 20.3 Å². The number of benzene rings is 1. The van der Waals surface area contributed by atoms with Gasteiger partial charge in [0.15, 0.2) is 0 Å². The Morgan fingerprint density at radius 2 is 1.94 bits per heavy atom. The Bertz CT molecular complexity index is 471. The molecule has 0 aliphatic rings.